The molecule has 0 aliphatic carbocycles. The van der Waals surface area contributed by atoms with Crippen molar-refractivity contribution < 1.29 is 9.00 Å². The molecule has 28 heavy (non-hydrogen) atoms. The summed E-state index contributed by atoms with van der Waals surface area (Å²) >= 11 is 0. The number of pyridine rings is 2. The van der Waals surface area contributed by atoms with E-state index in [1.165, 1.54) is 0 Å². The van der Waals surface area contributed by atoms with Crippen LogP contribution in [0.25, 0.3) is 0 Å². The number of para-hydroxylation sites is 1. The van der Waals surface area contributed by atoms with E-state index in [0.717, 1.165) is 16.8 Å². The Hall–Kier alpha value is -3.06. The lowest BCUT2D eigenvalue weighted by Gasteiger charge is -2.20. The summed E-state index contributed by atoms with van der Waals surface area (Å²) in [6, 6.07) is 12.6. The highest BCUT2D eigenvalue weighted by atomic mass is 32.2. The number of carbonyl (C=O) groups is 1. The smallest absolute Gasteiger partial charge is 0.258 e. The fraction of sp³-hybridized carbons (Fsp3) is 0.190. The summed E-state index contributed by atoms with van der Waals surface area (Å²) in [5.74, 6) is -0.0680. The average molecular weight is 395 g/mol. The predicted octanol–water partition coefficient (Wildman–Crippen LogP) is 3.41. The van der Waals surface area contributed by atoms with E-state index in [1.807, 2.05) is 44.1 Å². The first kappa shape index (κ1) is 19.7. The summed E-state index contributed by atoms with van der Waals surface area (Å²) in [7, 11) is 2.45. The first-order chi connectivity index (χ1) is 13.5. The summed E-state index contributed by atoms with van der Waals surface area (Å²) < 4.78 is 13.1. The molecule has 0 spiro atoms. The minimum atomic E-state index is -1.47. The van der Waals surface area contributed by atoms with Crippen LogP contribution in [0.3, 0.4) is 0 Å². The number of nitrogens with one attached hydrogen (secondary N) is 1. The molecule has 1 atom stereocenters. The second-order valence-electron chi connectivity index (χ2n) is 6.51. The van der Waals surface area contributed by atoms with Crippen LogP contribution in [0.15, 0.2) is 66.1 Å². The molecule has 0 saturated heterocycles. The summed E-state index contributed by atoms with van der Waals surface area (Å²) in [6.45, 7) is 2.02. The fourth-order valence-electron chi connectivity index (χ4n) is 3.06. The van der Waals surface area contributed by atoms with E-state index in [9.17, 15) is 9.00 Å². The molecule has 2 aromatic heterocycles. The van der Waals surface area contributed by atoms with Crippen LogP contribution in [-0.2, 0) is 16.6 Å². The van der Waals surface area contributed by atoms with Crippen LogP contribution in [0, 0.1) is 6.92 Å². The Kier molecular flexibility index (Phi) is 6.16. The van der Waals surface area contributed by atoms with E-state index >= 15 is 0 Å². The number of rotatable bonds is 6. The maximum Gasteiger partial charge on any atom is 0.258 e. The Morgan fingerprint density at radius 3 is 2.54 bits per heavy atom. The van der Waals surface area contributed by atoms with E-state index in [4.69, 9.17) is 0 Å². The summed E-state index contributed by atoms with van der Waals surface area (Å²) in [6.07, 6.45) is 4.75. The number of carbonyl (C=O) groups excluding carboxylic acids is 1. The van der Waals surface area contributed by atoms with Gasteiger partial charge in [-0.05, 0) is 42.3 Å². The minimum Gasteiger partial charge on any atom is -0.377 e. The van der Waals surface area contributed by atoms with E-state index in [1.54, 1.807) is 42.9 Å². The zero-order chi connectivity index (χ0) is 20.1. The Labute approximate surface area is 167 Å². The molecule has 1 N–H and O–H groups in total. The first-order valence-electron chi connectivity index (χ1n) is 8.78. The van der Waals surface area contributed by atoms with Crippen molar-refractivity contribution in [1.29, 1.82) is 0 Å². The maximum atomic E-state index is 13.1. The van der Waals surface area contributed by atoms with Gasteiger partial charge in [-0.15, -0.1) is 0 Å². The van der Waals surface area contributed by atoms with Crippen molar-refractivity contribution >= 4 is 28.1 Å². The molecule has 3 rings (SSSR count). The first-order valence-corrected chi connectivity index (χ1v) is 10.1. The molecule has 3 aromatic rings. The van der Waals surface area contributed by atoms with Crippen molar-refractivity contribution in [3.05, 3.63) is 77.7 Å². The summed E-state index contributed by atoms with van der Waals surface area (Å²) in [5, 5.41) is 3.07. The number of hydrogen-bond donors (Lipinski definition) is 1. The molecule has 6 nitrogen and oxygen atoms in total. The molecule has 1 aromatic carbocycles. The molecule has 0 saturated carbocycles. The average Bonchev–Trinajstić information content (AvgIpc) is 2.68. The van der Waals surface area contributed by atoms with Crippen molar-refractivity contribution in [3.8, 4) is 0 Å². The van der Waals surface area contributed by atoms with Crippen LogP contribution in [0.1, 0.15) is 21.5 Å². The van der Waals surface area contributed by atoms with E-state index in [-0.39, 0.29) is 16.7 Å². The maximum absolute atomic E-state index is 13.1. The van der Waals surface area contributed by atoms with Gasteiger partial charge in [0.2, 0.25) is 0 Å². The number of aromatic nitrogens is 2. The zero-order valence-electron chi connectivity index (χ0n) is 16.0. The largest absolute Gasteiger partial charge is 0.377 e. The number of hydrogen-bond acceptors (Lipinski definition) is 5. The van der Waals surface area contributed by atoms with E-state index < -0.39 is 10.8 Å². The van der Waals surface area contributed by atoms with Gasteiger partial charge in [0.05, 0.1) is 22.1 Å². The third-order valence-electron chi connectivity index (χ3n) is 4.22. The lowest BCUT2D eigenvalue weighted by Crippen LogP contribution is -2.17. The molecule has 0 aliphatic heterocycles. The highest BCUT2D eigenvalue weighted by Crippen LogP contribution is 2.26. The third kappa shape index (κ3) is 4.43. The van der Waals surface area contributed by atoms with E-state index in [2.05, 4.69) is 15.3 Å². The van der Waals surface area contributed by atoms with Gasteiger partial charge in [-0.25, -0.2) is 4.98 Å². The van der Waals surface area contributed by atoms with Crippen LogP contribution >= 0.6 is 0 Å². The highest BCUT2D eigenvalue weighted by molar-refractivity contribution is 7.84. The fourth-order valence-corrected chi connectivity index (χ4v) is 4.30. The lowest BCUT2D eigenvalue weighted by molar-refractivity contribution is 0.102. The van der Waals surface area contributed by atoms with Crippen molar-refractivity contribution in [3.63, 3.8) is 0 Å². The number of aryl methyl sites for hydroxylation is 1. The topological polar surface area (TPSA) is 75.2 Å². The molecular formula is C21H22N4O2S. The van der Waals surface area contributed by atoms with Gasteiger partial charge in [0.25, 0.3) is 5.91 Å². The molecule has 0 aliphatic rings. The van der Waals surface area contributed by atoms with Gasteiger partial charge in [0, 0.05) is 44.1 Å². The standard InChI is InChI=1S/C21H22N4O2S/c1-15-6-4-7-16(19(15)25(2)3)14-28(27)21-18(8-5-11-23-21)20(26)24-17-9-12-22-13-10-17/h4-13H,14H2,1-3H3,(H,22,24,26). The molecule has 1 unspecified atom stereocenters. The van der Waals surface area contributed by atoms with Gasteiger partial charge in [-0.3, -0.25) is 14.0 Å². The summed E-state index contributed by atoms with van der Waals surface area (Å²) in [5.41, 5.74) is 4.02. The van der Waals surface area contributed by atoms with Gasteiger partial charge in [0.1, 0.15) is 5.03 Å². The molecule has 2 heterocycles. The zero-order valence-corrected chi connectivity index (χ0v) is 16.9. The van der Waals surface area contributed by atoms with Crippen molar-refractivity contribution in [2.24, 2.45) is 0 Å². The Bertz CT molecular complexity index is 1010. The van der Waals surface area contributed by atoms with Gasteiger partial charge in [0.15, 0.2) is 0 Å². The summed E-state index contributed by atoms with van der Waals surface area (Å²) in [4.78, 5) is 22.9. The minimum absolute atomic E-state index is 0.278. The number of nitrogens with zero attached hydrogens (tertiary/aromatic N) is 3. The van der Waals surface area contributed by atoms with Crippen LogP contribution in [-0.4, -0.2) is 34.2 Å². The Morgan fingerprint density at radius 2 is 1.82 bits per heavy atom. The second kappa shape index (κ2) is 8.75. The van der Waals surface area contributed by atoms with Crippen LogP contribution in [0.5, 0.6) is 0 Å². The van der Waals surface area contributed by atoms with Gasteiger partial charge in [-0.2, -0.15) is 0 Å². The number of amides is 1. The normalized spacial score (nSPS) is 11.7. The number of anilines is 2. The van der Waals surface area contributed by atoms with Crippen LogP contribution in [0.2, 0.25) is 0 Å². The molecule has 0 fully saturated rings. The molecule has 7 heteroatoms. The third-order valence-corrected chi connectivity index (χ3v) is 5.55. The molecule has 0 bridgehead atoms. The molecule has 144 valence electrons. The van der Waals surface area contributed by atoms with Gasteiger partial charge >= 0.3 is 0 Å². The Morgan fingerprint density at radius 1 is 1.07 bits per heavy atom. The monoisotopic (exact) mass is 394 g/mol. The van der Waals surface area contributed by atoms with Gasteiger partial charge in [-0.1, -0.05) is 18.2 Å². The quantitative estimate of drug-likeness (QED) is 0.693. The molecule has 0 radical (unpaired) electrons. The van der Waals surface area contributed by atoms with Crippen LogP contribution in [0.4, 0.5) is 11.4 Å². The highest BCUT2D eigenvalue weighted by Gasteiger charge is 2.19. The number of benzene rings is 1. The molecular weight excluding hydrogens is 372 g/mol. The van der Waals surface area contributed by atoms with Crippen molar-refractivity contribution in [2.75, 3.05) is 24.3 Å². The van der Waals surface area contributed by atoms with E-state index in [0.29, 0.717) is 11.3 Å². The molecule has 1 amide bonds. The SMILES string of the molecule is Cc1cccc(CS(=O)c2ncccc2C(=O)Nc2ccncc2)c1N(C)C. The van der Waals surface area contributed by atoms with Crippen molar-refractivity contribution in [2.45, 2.75) is 17.7 Å². The Balaban J connectivity index is 1.88. The van der Waals surface area contributed by atoms with Crippen molar-refractivity contribution in [1.82, 2.24) is 9.97 Å². The predicted molar refractivity (Wildman–Crippen MR) is 112 cm³/mol. The van der Waals surface area contributed by atoms with Gasteiger partial charge < -0.3 is 10.2 Å². The second-order valence-corrected chi connectivity index (χ2v) is 7.88. The van der Waals surface area contributed by atoms with Crippen LogP contribution < -0.4 is 10.2 Å². The lowest BCUT2D eigenvalue weighted by atomic mass is 10.1.